The molecule has 2 aliphatic rings. The molecule has 0 radical (unpaired) electrons. The first-order valence-corrected chi connectivity index (χ1v) is 11.8. The summed E-state index contributed by atoms with van der Waals surface area (Å²) in [6.45, 7) is 11.2. The molecule has 7 nitrogen and oxygen atoms in total. The zero-order valence-corrected chi connectivity index (χ0v) is 20.0. The molecule has 7 atom stereocenters. The SMILES string of the molecule is CCC(C)C(=O)O[C@H]1CC[C@@H]2Cc3occ(C)c3[C@@H](OC(=O)C(C)CC)[C@]2(C)[C@H]1C(=O)O. The van der Waals surface area contributed by atoms with E-state index in [2.05, 4.69) is 0 Å². The van der Waals surface area contributed by atoms with Crippen molar-refractivity contribution in [2.24, 2.45) is 29.1 Å². The summed E-state index contributed by atoms with van der Waals surface area (Å²) in [5, 5.41) is 10.3. The Bertz CT molecular complexity index is 872. The predicted octanol–water partition coefficient (Wildman–Crippen LogP) is 4.85. The van der Waals surface area contributed by atoms with Crippen LogP contribution in [0.15, 0.2) is 10.7 Å². The van der Waals surface area contributed by atoms with Gasteiger partial charge in [0.25, 0.3) is 0 Å². The van der Waals surface area contributed by atoms with Gasteiger partial charge in [0.2, 0.25) is 0 Å². The lowest BCUT2D eigenvalue weighted by atomic mass is 9.53. The van der Waals surface area contributed by atoms with Crippen molar-refractivity contribution < 1.29 is 33.4 Å². The lowest BCUT2D eigenvalue weighted by Crippen LogP contribution is -2.57. The van der Waals surface area contributed by atoms with Gasteiger partial charge in [-0.2, -0.15) is 0 Å². The molecule has 0 aliphatic heterocycles. The van der Waals surface area contributed by atoms with Crippen LogP contribution in [0.3, 0.4) is 0 Å². The molecular formula is C25H36O7. The van der Waals surface area contributed by atoms with Crippen molar-refractivity contribution in [2.45, 2.75) is 85.9 Å². The number of carbonyl (C=O) groups excluding carboxylic acids is 2. The van der Waals surface area contributed by atoms with Gasteiger partial charge in [-0.3, -0.25) is 14.4 Å². The van der Waals surface area contributed by atoms with Crippen molar-refractivity contribution in [2.75, 3.05) is 0 Å². The Balaban J connectivity index is 2.06. The fraction of sp³-hybridized carbons (Fsp3) is 0.720. The van der Waals surface area contributed by atoms with E-state index in [0.29, 0.717) is 32.1 Å². The maximum absolute atomic E-state index is 12.9. The Labute approximate surface area is 189 Å². The summed E-state index contributed by atoms with van der Waals surface area (Å²) >= 11 is 0. The second-order valence-electron chi connectivity index (χ2n) is 9.83. The van der Waals surface area contributed by atoms with Crippen LogP contribution in [0, 0.1) is 36.0 Å². The first kappa shape index (κ1) is 24.3. The lowest BCUT2D eigenvalue weighted by Gasteiger charge is -2.54. The van der Waals surface area contributed by atoms with Crippen LogP contribution in [0.1, 0.15) is 83.3 Å². The van der Waals surface area contributed by atoms with Gasteiger partial charge in [-0.25, -0.2) is 0 Å². The third-order valence-electron chi connectivity index (χ3n) is 7.88. The molecule has 0 spiro atoms. The normalized spacial score (nSPS) is 31.1. The summed E-state index contributed by atoms with van der Waals surface area (Å²) in [5.74, 6) is -2.69. The Hall–Kier alpha value is -2.31. The second kappa shape index (κ2) is 9.28. The fourth-order valence-corrected chi connectivity index (χ4v) is 5.32. The van der Waals surface area contributed by atoms with E-state index in [1.807, 2.05) is 27.7 Å². The largest absolute Gasteiger partial charge is 0.481 e. The highest BCUT2D eigenvalue weighted by Crippen LogP contribution is 2.60. The van der Waals surface area contributed by atoms with Gasteiger partial charge in [0.1, 0.15) is 23.9 Å². The number of furan rings is 1. The Morgan fingerprint density at radius 2 is 1.72 bits per heavy atom. The molecule has 1 N–H and O–H groups in total. The van der Waals surface area contributed by atoms with Gasteiger partial charge >= 0.3 is 17.9 Å². The zero-order chi connectivity index (χ0) is 23.8. The van der Waals surface area contributed by atoms with Crippen molar-refractivity contribution in [3.63, 3.8) is 0 Å². The number of carboxylic acid groups (broad SMARTS) is 1. The average molecular weight is 449 g/mol. The number of aryl methyl sites for hydroxylation is 1. The van der Waals surface area contributed by atoms with Gasteiger partial charge in [0.15, 0.2) is 0 Å². The van der Waals surface area contributed by atoms with Crippen molar-refractivity contribution >= 4 is 17.9 Å². The van der Waals surface area contributed by atoms with Crippen molar-refractivity contribution in [1.29, 1.82) is 0 Å². The van der Waals surface area contributed by atoms with Crippen LogP contribution in [-0.4, -0.2) is 29.1 Å². The van der Waals surface area contributed by atoms with Crippen molar-refractivity contribution in [1.82, 2.24) is 0 Å². The number of hydrogen-bond donors (Lipinski definition) is 1. The highest BCUT2D eigenvalue weighted by atomic mass is 16.6. The molecule has 0 saturated heterocycles. The Morgan fingerprint density at radius 1 is 1.12 bits per heavy atom. The molecule has 2 aliphatic carbocycles. The first-order chi connectivity index (χ1) is 15.1. The summed E-state index contributed by atoms with van der Waals surface area (Å²) in [6.07, 6.45) is 3.04. The van der Waals surface area contributed by atoms with E-state index in [-0.39, 0.29) is 29.7 Å². The number of aliphatic carboxylic acids is 1. The van der Waals surface area contributed by atoms with Crippen LogP contribution in [0.2, 0.25) is 0 Å². The molecule has 32 heavy (non-hydrogen) atoms. The van der Waals surface area contributed by atoms with Gasteiger partial charge in [-0.05, 0) is 44.1 Å². The van der Waals surface area contributed by atoms with E-state index in [1.165, 1.54) is 0 Å². The van der Waals surface area contributed by atoms with Crippen LogP contribution in [0.25, 0.3) is 0 Å². The minimum absolute atomic E-state index is 0.0741. The first-order valence-electron chi connectivity index (χ1n) is 11.8. The van der Waals surface area contributed by atoms with Gasteiger partial charge in [0.05, 0.1) is 18.1 Å². The topological polar surface area (TPSA) is 103 Å². The predicted molar refractivity (Wildman–Crippen MR) is 117 cm³/mol. The third kappa shape index (κ3) is 4.06. The summed E-state index contributed by atoms with van der Waals surface area (Å²) in [7, 11) is 0. The molecule has 3 rings (SSSR count). The highest BCUT2D eigenvalue weighted by Gasteiger charge is 2.62. The quantitative estimate of drug-likeness (QED) is 0.595. The van der Waals surface area contributed by atoms with E-state index in [0.717, 1.165) is 16.9 Å². The standard InChI is InChI=1S/C25H36O7/c1-7-13(3)23(28)31-17-10-9-16-11-18-19(15(5)12-30-18)21(32-24(29)14(4)8-2)25(16,6)20(17)22(26)27/h12-14,16-17,20-21H,7-11H2,1-6H3,(H,26,27)/t13?,14?,16-,17+,20-,21-,25+/m1/s1. The molecule has 0 bridgehead atoms. The minimum Gasteiger partial charge on any atom is -0.481 e. The number of carbonyl (C=O) groups is 3. The molecule has 0 amide bonds. The average Bonchev–Trinajstić information content (AvgIpc) is 3.12. The molecule has 1 saturated carbocycles. The molecule has 2 unspecified atom stereocenters. The van der Waals surface area contributed by atoms with Crippen LogP contribution >= 0.6 is 0 Å². The van der Waals surface area contributed by atoms with Crippen LogP contribution < -0.4 is 0 Å². The molecular weight excluding hydrogens is 412 g/mol. The number of carboxylic acids is 1. The van der Waals surface area contributed by atoms with Crippen LogP contribution in [-0.2, 0) is 30.3 Å². The zero-order valence-electron chi connectivity index (χ0n) is 20.0. The van der Waals surface area contributed by atoms with Gasteiger partial charge < -0.3 is 19.0 Å². The number of esters is 2. The maximum Gasteiger partial charge on any atom is 0.311 e. The molecule has 1 aromatic rings. The third-order valence-corrected chi connectivity index (χ3v) is 7.88. The van der Waals surface area contributed by atoms with Crippen molar-refractivity contribution in [3.8, 4) is 0 Å². The van der Waals surface area contributed by atoms with Gasteiger partial charge in [0, 0.05) is 17.4 Å². The number of rotatable bonds is 7. The summed E-state index contributed by atoms with van der Waals surface area (Å²) in [5.41, 5.74) is 0.667. The second-order valence-corrected chi connectivity index (χ2v) is 9.83. The molecule has 1 fully saturated rings. The van der Waals surface area contributed by atoms with Crippen LogP contribution in [0.5, 0.6) is 0 Å². The van der Waals surface area contributed by atoms with E-state index in [4.69, 9.17) is 13.9 Å². The van der Waals surface area contributed by atoms with E-state index < -0.39 is 29.5 Å². The number of hydrogen-bond acceptors (Lipinski definition) is 6. The van der Waals surface area contributed by atoms with E-state index in [1.54, 1.807) is 20.1 Å². The van der Waals surface area contributed by atoms with E-state index in [9.17, 15) is 19.5 Å². The molecule has 1 heterocycles. The Kier molecular flexibility index (Phi) is 7.06. The number of fused-ring (bicyclic) bond motifs is 2. The molecule has 0 aromatic carbocycles. The summed E-state index contributed by atoms with van der Waals surface area (Å²) in [6, 6.07) is 0. The van der Waals surface area contributed by atoms with Gasteiger partial charge in [-0.15, -0.1) is 0 Å². The van der Waals surface area contributed by atoms with Crippen LogP contribution in [0.4, 0.5) is 0 Å². The minimum atomic E-state index is -1.03. The monoisotopic (exact) mass is 448 g/mol. The fourth-order valence-electron chi connectivity index (χ4n) is 5.32. The Morgan fingerprint density at radius 3 is 2.28 bits per heavy atom. The van der Waals surface area contributed by atoms with Crippen molar-refractivity contribution in [3.05, 3.63) is 23.2 Å². The summed E-state index contributed by atoms with van der Waals surface area (Å²) in [4.78, 5) is 38.1. The highest BCUT2D eigenvalue weighted by molar-refractivity contribution is 5.76. The summed E-state index contributed by atoms with van der Waals surface area (Å²) < 4.78 is 17.6. The van der Waals surface area contributed by atoms with Gasteiger partial charge in [-0.1, -0.05) is 34.6 Å². The lowest BCUT2D eigenvalue weighted by molar-refractivity contribution is -0.202. The maximum atomic E-state index is 12.9. The molecule has 7 heteroatoms. The smallest absolute Gasteiger partial charge is 0.311 e. The van der Waals surface area contributed by atoms with E-state index >= 15 is 0 Å². The molecule has 178 valence electrons. The number of ether oxygens (including phenoxy) is 2. The molecule has 1 aromatic heterocycles.